The molecule has 0 amide bonds. The van der Waals surface area contributed by atoms with Crippen LogP contribution in [0.1, 0.15) is 42.0 Å². The average Bonchev–Trinajstić information content (AvgIpc) is 3.03. The molecule has 0 atom stereocenters. The smallest absolute Gasteiger partial charge is 0.282 e. The molecule has 0 aliphatic carbocycles. The van der Waals surface area contributed by atoms with Crippen LogP contribution in [0.15, 0.2) is 111 Å². The summed E-state index contributed by atoms with van der Waals surface area (Å²) in [6.07, 6.45) is 1.66. The van der Waals surface area contributed by atoms with Crippen molar-refractivity contribution in [1.82, 2.24) is 9.66 Å². The predicted octanol–water partition coefficient (Wildman–Crippen LogP) is 8.88. The largest absolute Gasteiger partial charge is 0.496 e. The maximum Gasteiger partial charge on any atom is 0.282 e. The first-order valence-electron chi connectivity index (χ1n) is 14.5. The molecule has 0 fully saturated rings. The SMILES string of the molecule is COc1cc(C)c(-c2nc3ccccc3c(=O)n2N=Cc2cc(Br)ccc2OCc2cccc3ccccc23)cc1C(C)C. The summed E-state index contributed by atoms with van der Waals surface area (Å²) in [5, 5.41) is 7.56. The molecule has 44 heavy (non-hydrogen) atoms. The Morgan fingerprint density at radius 1 is 0.909 bits per heavy atom. The van der Waals surface area contributed by atoms with Gasteiger partial charge in [0.1, 0.15) is 18.1 Å². The van der Waals surface area contributed by atoms with Gasteiger partial charge < -0.3 is 9.47 Å². The van der Waals surface area contributed by atoms with E-state index in [0.717, 1.165) is 48.8 Å². The van der Waals surface area contributed by atoms with E-state index >= 15 is 0 Å². The Labute approximate surface area is 264 Å². The first-order chi connectivity index (χ1) is 21.3. The van der Waals surface area contributed by atoms with Gasteiger partial charge in [0, 0.05) is 15.6 Å². The molecule has 0 spiro atoms. The van der Waals surface area contributed by atoms with Gasteiger partial charge in [-0.05, 0) is 82.8 Å². The fraction of sp³-hybridized carbons (Fsp3) is 0.162. The molecule has 0 radical (unpaired) electrons. The van der Waals surface area contributed by atoms with Crippen LogP contribution in [0.25, 0.3) is 33.1 Å². The maximum absolute atomic E-state index is 13.9. The second-order valence-electron chi connectivity index (χ2n) is 11.0. The second kappa shape index (κ2) is 12.5. The number of hydrogen-bond donors (Lipinski definition) is 0. The lowest BCUT2D eigenvalue weighted by Gasteiger charge is -2.17. The molecule has 0 unspecified atom stereocenters. The zero-order chi connectivity index (χ0) is 30.8. The molecule has 0 aliphatic heterocycles. The molecule has 0 saturated heterocycles. The average molecular weight is 647 g/mol. The normalized spacial score (nSPS) is 11.6. The Morgan fingerprint density at radius 3 is 2.45 bits per heavy atom. The lowest BCUT2D eigenvalue weighted by Crippen LogP contribution is -2.21. The number of rotatable bonds is 8. The number of benzene rings is 5. The van der Waals surface area contributed by atoms with Crippen molar-refractivity contribution < 1.29 is 9.47 Å². The van der Waals surface area contributed by atoms with Crippen molar-refractivity contribution in [3.8, 4) is 22.9 Å². The Bertz CT molecular complexity index is 2090. The molecular formula is C37H32BrN3O3. The fourth-order valence-electron chi connectivity index (χ4n) is 5.42. The van der Waals surface area contributed by atoms with Gasteiger partial charge in [-0.2, -0.15) is 9.78 Å². The van der Waals surface area contributed by atoms with Crippen LogP contribution < -0.4 is 15.0 Å². The Hall–Kier alpha value is -4.75. The summed E-state index contributed by atoms with van der Waals surface area (Å²) in [5.41, 5.74) is 4.94. The number of halogens is 1. The number of methoxy groups -OCH3 is 1. The molecule has 0 aliphatic rings. The zero-order valence-electron chi connectivity index (χ0n) is 25.0. The number of hydrogen-bond acceptors (Lipinski definition) is 5. The van der Waals surface area contributed by atoms with Crippen molar-refractivity contribution >= 4 is 43.8 Å². The molecule has 0 N–H and O–H groups in total. The number of nitrogens with zero attached hydrogens (tertiary/aromatic N) is 3. The van der Waals surface area contributed by atoms with Gasteiger partial charge in [-0.3, -0.25) is 4.79 Å². The third-order valence-electron chi connectivity index (χ3n) is 7.74. The summed E-state index contributed by atoms with van der Waals surface area (Å²) in [5.74, 6) is 2.12. The Kier molecular flexibility index (Phi) is 8.31. The monoisotopic (exact) mass is 645 g/mol. The van der Waals surface area contributed by atoms with E-state index in [1.807, 2.05) is 67.6 Å². The highest BCUT2D eigenvalue weighted by Gasteiger charge is 2.18. The molecule has 1 heterocycles. The van der Waals surface area contributed by atoms with E-state index in [1.165, 1.54) is 4.68 Å². The van der Waals surface area contributed by atoms with Crippen LogP contribution >= 0.6 is 15.9 Å². The van der Waals surface area contributed by atoms with Gasteiger partial charge in [-0.15, -0.1) is 0 Å². The van der Waals surface area contributed by atoms with Crippen molar-refractivity contribution in [3.05, 3.63) is 134 Å². The first kappa shape index (κ1) is 29.3. The van der Waals surface area contributed by atoms with Crippen LogP contribution in [0, 0.1) is 6.92 Å². The van der Waals surface area contributed by atoms with Crippen molar-refractivity contribution in [2.24, 2.45) is 5.10 Å². The number of ether oxygens (including phenoxy) is 2. The molecule has 6 aromatic rings. The lowest BCUT2D eigenvalue weighted by molar-refractivity contribution is 0.307. The number of para-hydroxylation sites is 1. The minimum Gasteiger partial charge on any atom is -0.496 e. The maximum atomic E-state index is 13.9. The second-order valence-corrected chi connectivity index (χ2v) is 11.9. The van der Waals surface area contributed by atoms with Crippen molar-refractivity contribution in [1.29, 1.82) is 0 Å². The van der Waals surface area contributed by atoms with E-state index in [0.29, 0.717) is 29.1 Å². The van der Waals surface area contributed by atoms with E-state index in [9.17, 15) is 4.79 Å². The topological polar surface area (TPSA) is 65.7 Å². The van der Waals surface area contributed by atoms with Crippen molar-refractivity contribution in [3.63, 3.8) is 0 Å². The van der Waals surface area contributed by atoms with E-state index in [4.69, 9.17) is 19.6 Å². The van der Waals surface area contributed by atoms with Crippen LogP contribution in [0.2, 0.25) is 0 Å². The molecule has 0 saturated carbocycles. The molecule has 220 valence electrons. The van der Waals surface area contributed by atoms with Crippen LogP contribution in [0.4, 0.5) is 0 Å². The van der Waals surface area contributed by atoms with Gasteiger partial charge in [0.2, 0.25) is 0 Å². The van der Waals surface area contributed by atoms with E-state index in [1.54, 1.807) is 19.4 Å². The number of fused-ring (bicyclic) bond motifs is 2. The number of aryl methyl sites for hydroxylation is 1. The van der Waals surface area contributed by atoms with Gasteiger partial charge in [0.15, 0.2) is 5.82 Å². The van der Waals surface area contributed by atoms with Gasteiger partial charge >= 0.3 is 0 Å². The van der Waals surface area contributed by atoms with E-state index < -0.39 is 0 Å². The van der Waals surface area contributed by atoms with E-state index in [2.05, 4.69) is 60.1 Å². The van der Waals surface area contributed by atoms with Crippen LogP contribution in [0.5, 0.6) is 11.5 Å². The molecule has 7 heteroatoms. The highest BCUT2D eigenvalue weighted by molar-refractivity contribution is 9.10. The summed E-state index contributed by atoms with van der Waals surface area (Å²) in [4.78, 5) is 18.9. The third-order valence-corrected chi connectivity index (χ3v) is 8.23. The van der Waals surface area contributed by atoms with Gasteiger partial charge in [-0.25, -0.2) is 4.98 Å². The Morgan fingerprint density at radius 2 is 1.66 bits per heavy atom. The predicted molar refractivity (Wildman–Crippen MR) is 182 cm³/mol. The third kappa shape index (κ3) is 5.75. The Balaban J connectivity index is 1.45. The quantitative estimate of drug-likeness (QED) is 0.155. The minimum absolute atomic E-state index is 0.205. The van der Waals surface area contributed by atoms with Crippen LogP contribution in [-0.2, 0) is 6.61 Å². The standard InChI is InChI=1S/C37H32BrN3O3/c1-23(2)31-20-32(24(3)18-35(31)43-4)36-40-33-15-8-7-14-30(33)37(42)41(36)39-21-27-19-28(38)16-17-34(27)44-22-26-12-9-11-25-10-5-6-13-29(25)26/h5-21,23H,22H2,1-4H3. The zero-order valence-corrected chi connectivity index (χ0v) is 26.6. The minimum atomic E-state index is -0.253. The van der Waals surface area contributed by atoms with Gasteiger partial charge in [0.05, 0.1) is 24.2 Å². The molecule has 6 nitrogen and oxygen atoms in total. The molecule has 1 aromatic heterocycles. The molecule has 0 bridgehead atoms. The summed E-state index contributed by atoms with van der Waals surface area (Å²) in [7, 11) is 1.67. The van der Waals surface area contributed by atoms with Gasteiger partial charge in [-0.1, -0.05) is 84.4 Å². The van der Waals surface area contributed by atoms with Crippen LogP contribution in [-0.4, -0.2) is 23.0 Å². The lowest BCUT2D eigenvalue weighted by atomic mass is 9.96. The summed E-state index contributed by atoms with van der Waals surface area (Å²) < 4.78 is 14.3. The fourth-order valence-corrected chi connectivity index (χ4v) is 5.80. The van der Waals surface area contributed by atoms with Crippen LogP contribution in [0.3, 0.4) is 0 Å². The summed E-state index contributed by atoms with van der Waals surface area (Å²) >= 11 is 3.58. The highest BCUT2D eigenvalue weighted by atomic mass is 79.9. The summed E-state index contributed by atoms with van der Waals surface area (Å²) in [6, 6.07) is 31.6. The first-order valence-corrected chi connectivity index (χ1v) is 15.3. The highest BCUT2D eigenvalue weighted by Crippen LogP contribution is 2.34. The molecule has 5 aromatic carbocycles. The number of aromatic nitrogens is 2. The van der Waals surface area contributed by atoms with Gasteiger partial charge in [0.25, 0.3) is 5.56 Å². The molecular weight excluding hydrogens is 614 g/mol. The van der Waals surface area contributed by atoms with Crippen molar-refractivity contribution in [2.45, 2.75) is 33.3 Å². The van der Waals surface area contributed by atoms with E-state index in [-0.39, 0.29) is 11.5 Å². The summed E-state index contributed by atoms with van der Waals surface area (Å²) in [6.45, 7) is 6.60. The molecule has 6 rings (SSSR count). The van der Waals surface area contributed by atoms with Crippen molar-refractivity contribution in [2.75, 3.05) is 7.11 Å².